The largest absolute Gasteiger partial charge is 0.485 e. The van der Waals surface area contributed by atoms with Gasteiger partial charge in [-0.05, 0) is 30.7 Å². The van der Waals surface area contributed by atoms with Crippen LogP contribution in [0, 0.1) is 0 Å². The number of hydrogen-bond acceptors (Lipinski definition) is 3. The number of rotatable bonds is 2. The number of carboxylic acid groups (broad SMARTS) is 1. The molecule has 0 saturated carbocycles. The van der Waals surface area contributed by atoms with Crippen LogP contribution in [0.25, 0.3) is 0 Å². The fourth-order valence-electron chi connectivity index (χ4n) is 2.13. The molecule has 20 heavy (non-hydrogen) atoms. The number of hydrogen-bond donors (Lipinski definition) is 1. The molecule has 0 fully saturated rings. The fourth-order valence-corrected chi connectivity index (χ4v) is 2.13. The lowest BCUT2D eigenvalue weighted by atomic mass is 10.0. The maximum absolute atomic E-state index is 11.0. The quantitative estimate of drug-likeness (QED) is 0.906. The van der Waals surface area contributed by atoms with Gasteiger partial charge in [-0.3, -0.25) is 4.79 Å². The van der Waals surface area contributed by atoms with Crippen molar-refractivity contribution in [2.24, 2.45) is 0 Å². The normalized spacial score (nSPS) is 14.1. The van der Waals surface area contributed by atoms with Crippen molar-refractivity contribution < 1.29 is 19.4 Å². The highest BCUT2D eigenvalue weighted by atomic mass is 16.5. The summed E-state index contributed by atoms with van der Waals surface area (Å²) in [6.07, 6.45) is 0. The predicted octanol–water partition coefficient (Wildman–Crippen LogP) is 3.56. The van der Waals surface area contributed by atoms with Gasteiger partial charge < -0.3 is 14.6 Å². The molecule has 0 aromatic heterocycles. The Bertz CT molecular complexity index is 663. The molecule has 3 rings (SSSR count). The second-order valence-corrected chi connectivity index (χ2v) is 4.76. The Labute approximate surface area is 116 Å². The van der Waals surface area contributed by atoms with E-state index in [1.165, 1.54) is 0 Å². The molecule has 0 amide bonds. The van der Waals surface area contributed by atoms with Gasteiger partial charge >= 0.3 is 5.97 Å². The van der Waals surface area contributed by atoms with Crippen LogP contribution in [-0.4, -0.2) is 11.1 Å². The van der Waals surface area contributed by atoms with Crippen LogP contribution in [-0.2, 0) is 11.4 Å². The number of para-hydroxylation sites is 1. The number of benzene rings is 2. The van der Waals surface area contributed by atoms with E-state index in [4.69, 9.17) is 14.6 Å². The van der Waals surface area contributed by atoms with Gasteiger partial charge in [0.25, 0.3) is 0 Å². The molecule has 1 aliphatic heterocycles. The second-order valence-electron chi connectivity index (χ2n) is 4.76. The Kier molecular flexibility index (Phi) is 3.06. The monoisotopic (exact) mass is 270 g/mol. The molecule has 0 spiro atoms. The first-order valence-electron chi connectivity index (χ1n) is 6.40. The SMILES string of the molecule is CC(C(=O)O)c1ccc2c(c1)OCc1ccccc1O2. The number of fused-ring (bicyclic) bond motifs is 2. The molecule has 1 heterocycles. The van der Waals surface area contributed by atoms with Crippen LogP contribution >= 0.6 is 0 Å². The van der Waals surface area contributed by atoms with Crippen molar-refractivity contribution >= 4 is 5.97 Å². The first-order valence-corrected chi connectivity index (χ1v) is 6.40. The summed E-state index contributed by atoms with van der Waals surface area (Å²) >= 11 is 0. The zero-order chi connectivity index (χ0) is 14.1. The Morgan fingerprint density at radius 2 is 1.95 bits per heavy atom. The lowest BCUT2D eigenvalue weighted by Gasteiger charge is -2.11. The average molecular weight is 270 g/mol. The third-order valence-corrected chi connectivity index (χ3v) is 3.41. The van der Waals surface area contributed by atoms with E-state index in [0.717, 1.165) is 11.3 Å². The highest BCUT2D eigenvalue weighted by Crippen LogP contribution is 2.38. The van der Waals surface area contributed by atoms with E-state index in [1.54, 1.807) is 25.1 Å². The Morgan fingerprint density at radius 1 is 1.15 bits per heavy atom. The minimum Gasteiger partial charge on any atom is -0.485 e. The highest BCUT2D eigenvalue weighted by Gasteiger charge is 2.19. The lowest BCUT2D eigenvalue weighted by Crippen LogP contribution is -2.07. The van der Waals surface area contributed by atoms with E-state index < -0.39 is 11.9 Å². The molecule has 0 aliphatic carbocycles. The first-order chi connectivity index (χ1) is 9.65. The van der Waals surface area contributed by atoms with E-state index in [1.807, 2.05) is 24.3 Å². The Hall–Kier alpha value is -2.49. The molecule has 2 aromatic carbocycles. The smallest absolute Gasteiger partial charge is 0.310 e. The van der Waals surface area contributed by atoms with Crippen molar-refractivity contribution in [3.05, 3.63) is 53.6 Å². The van der Waals surface area contributed by atoms with E-state index in [2.05, 4.69) is 0 Å². The van der Waals surface area contributed by atoms with Gasteiger partial charge in [0.2, 0.25) is 0 Å². The molecule has 0 saturated heterocycles. The number of ether oxygens (including phenoxy) is 2. The Morgan fingerprint density at radius 3 is 2.75 bits per heavy atom. The molecule has 0 bridgehead atoms. The van der Waals surface area contributed by atoms with Gasteiger partial charge in [-0.2, -0.15) is 0 Å². The third kappa shape index (κ3) is 2.20. The van der Waals surface area contributed by atoms with Gasteiger partial charge in [-0.25, -0.2) is 0 Å². The summed E-state index contributed by atoms with van der Waals surface area (Å²) in [5, 5.41) is 9.06. The summed E-state index contributed by atoms with van der Waals surface area (Å²) in [5.41, 5.74) is 1.67. The molecule has 1 N–H and O–H groups in total. The van der Waals surface area contributed by atoms with Gasteiger partial charge in [0.1, 0.15) is 12.4 Å². The topological polar surface area (TPSA) is 55.8 Å². The van der Waals surface area contributed by atoms with E-state index >= 15 is 0 Å². The summed E-state index contributed by atoms with van der Waals surface area (Å²) in [6.45, 7) is 2.06. The van der Waals surface area contributed by atoms with Crippen molar-refractivity contribution in [2.75, 3.05) is 0 Å². The molecule has 0 radical (unpaired) electrons. The zero-order valence-electron chi connectivity index (χ0n) is 11.0. The zero-order valence-corrected chi connectivity index (χ0v) is 11.0. The molecule has 4 heteroatoms. The molecule has 1 atom stereocenters. The summed E-state index contributed by atoms with van der Waals surface area (Å²) < 4.78 is 11.6. The second kappa shape index (κ2) is 4.89. The molecule has 102 valence electrons. The molecule has 1 aliphatic rings. The van der Waals surface area contributed by atoms with Crippen molar-refractivity contribution in [1.29, 1.82) is 0 Å². The van der Waals surface area contributed by atoms with Crippen LogP contribution < -0.4 is 9.47 Å². The summed E-state index contributed by atoms with van der Waals surface area (Å²) in [5.74, 6) is 0.519. The molecule has 4 nitrogen and oxygen atoms in total. The molecule has 2 aromatic rings. The maximum atomic E-state index is 11.0. The van der Waals surface area contributed by atoms with Gasteiger partial charge in [0.05, 0.1) is 5.92 Å². The van der Waals surface area contributed by atoms with Crippen molar-refractivity contribution in [3.8, 4) is 17.2 Å². The maximum Gasteiger partial charge on any atom is 0.310 e. The van der Waals surface area contributed by atoms with Crippen LogP contribution in [0.2, 0.25) is 0 Å². The predicted molar refractivity (Wildman–Crippen MR) is 73.3 cm³/mol. The van der Waals surface area contributed by atoms with E-state index in [-0.39, 0.29) is 0 Å². The van der Waals surface area contributed by atoms with Gasteiger partial charge in [-0.15, -0.1) is 0 Å². The van der Waals surface area contributed by atoms with Crippen LogP contribution in [0.5, 0.6) is 17.2 Å². The third-order valence-electron chi connectivity index (χ3n) is 3.41. The Balaban J connectivity index is 1.97. The van der Waals surface area contributed by atoms with Crippen LogP contribution in [0.4, 0.5) is 0 Å². The van der Waals surface area contributed by atoms with Gasteiger partial charge in [0, 0.05) is 5.56 Å². The lowest BCUT2D eigenvalue weighted by molar-refractivity contribution is -0.138. The fraction of sp³-hybridized carbons (Fsp3) is 0.188. The molecular weight excluding hydrogens is 256 g/mol. The van der Waals surface area contributed by atoms with E-state index in [9.17, 15) is 4.79 Å². The van der Waals surface area contributed by atoms with Crippen LogP contribution in [0.1, 0.15) is 24.0 Å². The molecular formula is C16H14O4. The standard InChI is InChI=1S/C16H14O4/c1-10(16(17)18)11-6-7-14-15(8-11)19-9-12-4-2-3-5-13(12)20-14/h2-8,10H,9H2,1H3,(H,17,18). The van der Waals surface area contributed by atoms with Gasteiger partial charge in [-0.1, -0.05) is 24.3 Å². The van der Waals surface area contributed by atoms with Crippen molar-refractivity contribution in [3.63, 3.8) is 0 Å². The first kappa shape index (κ1) is 12.5. The minimum absolute atomic E-state index is 0.411. The average Bonchev–Trinajstić information content (AvgIpc) is 2.64. The van der Waals surface area contributed by atoms with Crippen molar-refractivity contribution in [2.45, 2.75) is 19.4 Å². The number of carbonyl (C=O) groups is 1. The number of aliphatic carboxylic acids is 1. The summed E-state index contributed by atoms with van der Waals surface area (Å²) in [7, 11) is 0. The summed E-state index contributed by atoms with van der Waals surface area (Å²) in [4.78, 5) is 11.0. The molecule has 1 unspecified atom stereocenters. The summed E-state index contributed by atoms with van der Waals surface area (Å²) in [6, 6.07) is 12.9. The number of carboxylic acids is 1. The highest BCUT2D eigenvalue weighted by molar-refractivity contribution is 5.76. The van der Waals surface area contributed by atoms with Gasteiger partial charge in [0.15, 0.2) is 11.5 Å². The minimum atomic E-state index is -0.859. The van der Waals surface area contributed by atoms with Crippen LogP contribution in [0.15, 0.2) is 42.5 Å². The van der Waals surface area contributed by atoms with Crippen molar-refractivity contribution in [1.82, 2.24) is 0 Å². The van der Waals surface area contributed by atoms with Crippen LogP contribution in [0.3, 0.4) is 0 Å². The van der Waals surface area contributed by atoms with E-state index in [0.29, 0.717) is 23.7 Å².